The molecule has 0 radical (unpaired) electrons. The molecular formula is C12H15F3O2. The van der Waals surface area contributed by atoms with E-state index in [2.05, 4.69) is 0 Å². The number of halogens is 3. The summed E-state index contributed by atoms with van der Waals surface area (Å²) in [5.74, 6) is -0.662. The monoisotopic (exact) mass is 248 g/mol. The lowest BCUT2D eigenvalue weighted by Gasteiger charge is -2.28. The Kier molecular flexibility index (Phi) is 3.47. The normalized spacial score (nSPS) is 26.1. The minimum absolute atomic E-state index is 0.133. The van der Waals surface area contributed by atoms with Crippen molar-refractivity contribution in [1.82, 2.24) is 0 Å². The first kappa shape index (κ1) is 12.5. The molecule has 1 saturated heterocycles. The largest absolute Gasteiger partial charge is 0.454 e. The lowest BCUT2D eigenvalue weighted by molar-refractivity contribution is -0.155. The van der Waals surface area contributed by atoms with E-state index in [1.54, 1.807) is 0 Å². The van der Waals surface area contributed by atoms with Crippen LogP contribution in [-0.4, -0.2) is 6.10 Å². The van der Waals surface area contributed by atoms with Crippen molar-refractivity contribution in [3.8, 4) is 0 Å². The molecule has 0 aromatic carbocycles. The molecule has 17 heavy (non-hydrogen) atoms. The van der Waals surface area contributed by atoms with Crippen LogP contribution in [-0.2, 0) is 10.9 Å². The minimum Gasteiger partial charge on any atom is -0.454 e. The molecule has 2 rings (SSSR count). The summed E-state index contributed by atoms with van der Waals surface area (Å²) in [6.07, 6.45) is -1.08. The van der Waals surface area contributed by atoms with Gasteiger partial charge in [0.15, 0.2) is 0 Å². The molecule has 1 aliphatic rings. The van der Waals surface area contributed by atoms with Crippen LogP contribution in [0.5, 0.6) is 0 Å². The maximum atomic E-state index is 12.4. The molecule has 2 atom stereocenters. The summed E-state index contributed by atoms with van der Waals surface area (Å²) in [6.45, 7) is 2.01. The topological polar surface area (TPSA) is 22.4 Å². The molecule has 2 unspecified atom stereocenters. The van der Waals surface area contributed by atoms with Gasteiger partial charge in [0.25, 0.3) is 0 Å². The first-order valence-electron chi connectivity index (χ1n) is 5.83. The highest BCUT2D eigenvalue weighted by Gasteiger charge is 2.36. The van der Waals surface area contributed by atoms with Gasteiger partial charge in [0.05, 0.1) is 6.10 Å². The standard InChI is InChI=1S/C12H15F3O2/c1-2-8-4-3-5-9(16-8)10-6-7-11(17-10)12(13,14)15/h6-9H,2-5H2,1H3. The van der Waals surface area contributed by atoms with Crippen molar-refractivity contribution in [2.75, 3.05) is 0 Å². The quantitative estimate of drug-likeness (QED) is 0.777. The third-order valence-electron chi connectivity index (χ3n) is 3.03. The van der Waals surface area contributed by atoms with Crippen LogP contribution in [0, 0.1) is 0 Å². The second kappa shape index (κ2) is 4.72. The molecule has 2 nitrogen and oxygen atoms in total. The van der Waals surface area contributed by atoms with Crippen LogP contribution in [0.1, 0.15) is 50.2 Å². The highest BCUT2D eigenvalue weighted by atomic mass is 19.4. The van der Waals surface area contributed by atoms with Crippen molar-refractivity contribution < 1.29 is 22.3 Å². The zero-order chi connectivity index (χ0) is 12.5. The van der Waals surface area contributed by atoms with E-state index in [1.165, 1.54) is 6.07 Å². The fraction of sp³-hybridized carbons (Fsp3) is 0.667. The minimum atomic E-state index is -4.42. The van der Waals surface area contributed by atoms with Crippen LogP contribution in [0.15, 0.2) is 16.5 Å². The number of ether oxygens (including phenoxy) is 1. The van der Waals surface area contributed by atoms with Crippen LogP contribution in [0.25, 0.3) is 0 Å². The van der Waals surface area contributed by atoms with Crippen molar-refractivity contribution in [1.29, 1.82) is 0 Å². The zero-order valence-electron chi connectivity index (χ0n) is 9.59. The van der Waals surface area contributed by atoms with E-state index in [1.807, 2.05) is 6.92 Å². The van der Waals surface area contributed by atoms with E-state index in [4.69, 9.17) is 9.15 Å². The summed E-state index contributed by atoms with van der Waals surface area (Å²) < 4.78 is 47.6. The Morgan fingerprint density at radius 2 is 2.06 bits per heavy atom. The molecule has 0 N–H and O–H groups in total. The molecule has 96 valence electrons. The average molecular weight is 248 g/mol. The van der Waals surface area contributed by atoms with E-state index in [0.29, 0.717) is 0 Å². The van der Waals surface area contributed by atoms with Gasteiger partial charge in [-0.3, -0.25) is 0 Å². The summed E-state index contributed by atoms with van der Waals surface area (Å²) in [5, 5.41) is 0. The molecule has 0 saturated carbocycles. The molecule has 0 aliphatic carbocycles. The highest BCUT2D eigenvalue weighted by Crippen LogP contribution is 2.37. The van der Waals surface area contributed by atoms with Crippen LogP contribution in [0.4, 0.5) is 13.2 Å². The van der Waals surface area contributed by atoms with Gasteiger partial charge in [-0.15, -0.1) is 0 Å². The van der Waals surface area contributed by atoms with Gasteiger partial charge in [-0.1, -0.05) is 6.92 Å². The summed E-state index contributed by atoms with van der Waals surface area (Å²) >= 11 is 0. The lowest BCUT2D eigenvalue weighted by Crippen LogP contribution is -2.21. The fourth-order valence-corrected chi connectivity index (χ4v) is 2.09. The van der Waals surface area contributed by atoms with Crippen molar-refractivity contribution in [2.24, 2.45) is 0 Å². The number of hydrogen-bond donors (Lipinski definition) is 0. The van der Waals surface area contributed by atoms with Gasteiger partial charge in [0, 0.05) is 0 Å². The maximum Gasteiger partial charge on any atom is 0.449 e. The van der Waals surface area contributed by atoms with Gasteiger partial charge in [-0.05, 0) is 37.8 Å². The van der Waals surface area contributed by atoms with Gasteiger partial charge in [0.1, 0.15) is 11.9 Å². The van der Waals surface area contributed by atoms with Crippen molar-refractivity contribution in [2.45, 2.75) is 51.0 Å². The molecule has 1 fully saturated rings. The van der Waals surface area contributed by atoms with Crippen LogP contribution in [0.3, 0.4) is 0 Å². The van der Waals surface area contributed by atoms with E-state index in [0.717, 1.165) is 31.7 Å². The molecule has 5 heteroatoms. The maximum absolute atomic E-state index is 12.4. The molecular weight excluding hydrogens is 233 g/mol. The summed E-state index contributed by atoms with van der Waals surface area (Å²) in [6, 6.07) is 2.33. The van der Waals surface area contributed by atoms with Crippen molar-refractivity contribution in [3.05, 3.63) is 23.7 Å². The SMILES string of the molecule is CCC1CCCC(c2ccc(C(F)(F)F)o2)O1. The van der Waals surface area contributed by atoms with Crippen molar-refractivity contribution >= 4 is 0 Å². The van der Waals surface area contributed by atoms with E-state index in [9.17, 15) is 13.2 Å². The predicted octanol–water partition coefficient (Wildman–Crippen LogP) is 4.32. The molecule has 1 aromatic heterocycles. The Labute approximate surface area is 97.7 Å². The molecule has 2 heterocycles. The molecule has 0 bridgehead atoms. The van der Waals surface area contributed by atoms with Gasteiger partial charge in [-0.2, -0.15) is 13.2 Å². The number of furan rings is 1. The molecule has 0 amide bonds. The summed E-state index contributed by atoms with van der Waals surface area (Å²) in [5.41, 5.74) is 0. The Balaban J connectivity index is 2.09. The smallest absolute Gasteiger partial charge is 0.449 e. The first-order chi connectivity index (χ1) is 8.00. The number of alkyl halides is 3. The van der Waals surface area contributed by atoms with E-state index < -0.39 is 11.9 Å². The number of rotatable bonds is 2. The second-order valence-electron chi connectivity index (χ2n) is 4.29. The van der Waals surface area contributed by atoms with Crippen LogP contribution in [0.2, 0.25) is 0 Å². The van der Waals surface area contributed by atoms with Crippen LogP contribution < -0.4 is 0 Å². The van der Waals surface area contributed by atoms with E-state index >= 15 is 0 Å². The van der Waals surface area contributed by atoms with Gasteiger partial charge in [0.2, 0.25) is 5.76 Å². The molecule has 1 aromatic rings. The Bertz CT molecular complexity index is 370. The van der Waals surface area contributed by atoms with Gasteiger partial charge in [-0.25, -0.2) is 0 Å². The Hall–Kier alpha value is -0.970. The van der Waals surface area contributed by atoms with Gasteiger partial charge < -0.3 is 9.15 Å². The van der Waals surface area contributed by atoms with Crippen molar-refractivity contribution in [3.63, 3.8) is 0 Å². The average Bonchev–Trinajstić information content (AvgIpc) is 2.78. The lowest BCUT2D eigenvalue weighted by atomic mass is 10.0. The third-order valence-corrected chi connectivity index (χ3v) is 3.03. The number of hydrogen-bond acceptors (Lipinski definition) is 2. The Morgan fingerprint density at radius 3 is 2.65 bits per heavy atom. The first-order valence-corrected chi connectivity index (χ1v) is 5.83. The highest BCUT2D eigenvalue weighted by molar-refractivity contribution is 5.12. The third kappa shape index (κ3) is 2.83. The van der Waals surface area contributed by atoms with Gasteiger partial charge >= 0.3 is 6.18 Å². The second-order valence-corrected chi connectivity index (χ2v) is 4.29. The zero-order valence-corrected chi connectivity index (χ0v) is 9.59. The summed E-state index contributed by atoms with van der Waals surface area (Å²) in [4.78, 5) is 0. The Morgan fingerprint density at radius 1 is 1.29 bits per heavy atom. The van der Waals surface area contributed by atoms with Crippen LogP contribution >= 0.6 is 0 Å². The molecule has 1 aliphatic heterocycles. The molecule has 0 spiro atoms. The summed E-state index contributed by atoms with van der Waals surface area (Å²) in [7, 11) is 0. The fourth-order valence-electron chi connectivity index (χ4n) is 2.09. The van der Waals surface area contributed by atoms with E-state index in [-0.39, 0.29) is 18.0 Å². The predicted molar refractivity (Wildman–Crippen MR) is 55.5 cm³/mol.